The zero-order valence-electron chi connectivity index (χ0n) is 14.9. The zero-order valence-corrected chi connectivity index (χ0v) is 15.7. The molecule has 1 amide bonds. The van der Waals surface area contributed by atoms with Gasteiger partial charge in [-0.15, -0.1) is 0 Å². The smallest absolute Gasteiger partial charge is 0.222 e. The highest BCUT2D eigenvalue weighted by Gasteiger charge is 2.19. The molecule has 1 fully saturated rings. The van der Waals surface area contributed by atoms with Gasteiger partial charge in [0.25, 0.3) is 0 Å². The van der Waals surface area contributed by atoms with E-state index in [1.807, 2.05) is 50.7 Å². The van der Waals surface area contributed by atoms with Gasteiger partial charge in [0.1, 0.15) is 0 Å². The van der Waals surface area contributed by atoms with Gasteiger partial charge in [-0.3, -0.25) is 4.79 Å². The zero-order chi connectivity index (χ0) is 17.5. The molecule has 5 nitrogen and oxygen atoms in total. The summed E-state index contributed by atoms with van der Waals surface area (Å²) in [6, 6.07) is 6.00. The van der Waals surface area contributed by atoms with Gasteiger partial charge in [-0.05, 0) is 38.5 Å². The predicted molar refractivity (Wildman–Crippen MR) is 99.0 cm³/mol. The number of ether oxygens (including phenoxy) is 2. The highest BCUT2D eigenvalue weighted by Crippen LogP contribution is 2.31. The number of thioether (sulfide) groups is 1. The minimum Gasteiger partial charge on any atom is -0.493 e. The van der Waals surface area contributed by atoms with E-state index in [-0.39, 0.29) is 24.1 Å². The Bertz CT molecular complexity index is 545. The Morgan fingerprint density at radius 1 is 1.38 bits per heavy atom. The molecule has 24 heavy (non-hydrogen) atoms. The molecule has 1 aromatic rings. The summed E-state index contributed by atoms with van der Waals surface area (Å²) < 4.78 is 11.1. The van der Waals surface area contributed by atoms with Gasteiger partial charge in [-0.25, -0.2) is 0 Å². The van der Waals surface area contributed by atoms with Gasteiger partial charge in [-0.2, -0.15) is 11.8 Å². The van der Waals surface area contributed by atoms with Gasteiger partial charge in [0.05, 0.1) is 19.3 Å². The third kappa shape index (κ3) is 5.60. The maximum atomic E-state index is 12.2. The molecule has 0 aromatic heterocycles. The number of carbonyl (C=O) groups excluding carboxylic acids is 1. The van der Waals surface area contributed by atoms with Gasteiger partial charge in [0, 0.05) is 30.5 Å². The number of hydrogen-bond acceptors (Lipinski definition) is 5. The molecule has 0 aliphatic carbocycles. The Morgan fingerprint density at radius 2 is 2.17 bits per heavy atom. The average Bonchev–Trinajstić information content (AvgIpc) is 2.55. The molecular weight excluding hydrogens is 324 g/mol. The van der Waals surface area contributed by atoms with Crippen molar-refractivity contribution in [2.75, 3.05) is 25.2 Å². The molecule has 0 saturated carbocycles. The van der Waals surface area contributed by atoms with E-state index in [0.29, 0.717) is 12.2 Å². The molecule has 2 rings (SSSR count). The normalized spacial score (nSPS) is 19.0. The van der Waals surface area contributed by atoms with E-state index < -0.39 is 0 Å². The summed E-state index contributed by atoms with van der Waals surface area (Å²) in [4.78, 5) is 12.2. The van der Waals surface area contributed by atoms with Crippen LogP contribution in [-0.4, -0.2) is 43.2 Å². The van der Waals surface area contributed by atoms with E-state index in [0.717, 1.165) is 29.4 Å². The summed E-state index contributed by atoms with van der Waals surface area (Å²) in [6.45, 7) is 6.92. The second kappa shape index (κ2) is 9.18. The Hall–Kier alpha value is -1.40. The minimum absolute atomic E-state index is 0.0731. The topological polar surface area (TPSA) is 59.6 Å². The summed E-state index contributed by atoms with van der Waals surface area (Å²) in [5, 5.41) is 6.46. The van der Waals surface area contributed by atoms with Crippen LogP contribution in [0.4, 0.5) is 0 Å². The molecule has 2 unspecified atom stereocenters. The van der Waals surface area contributed by atoms with Crippen LogP contribution in [0.5, 0.6) is 11.5 Å². The standard InChI is InChI=1S/C18H28N2O3S/c1-12(2)23-16-6-5-14(9-17(16)22-4)13(3)20-18(21)10-15-11-24-8-7-19-15/h5-6,9,12-13,15,19H,7-8,10-11H2,1-4H3,(H,20,21). The van der Waals surface area contributed by atoms with Crippen LogP contribution in [0.1, 0.15) is 38.8 Å². The number of nitrogens with one attached hydrogen (secondary N) is 2. The van der Waals surface area contributed by atoms with Crippen molar-refractivity contribution in [2.45, 2.75) is 45.4 Å². The van der Waals surface area contributed by atoms with Crippen LogP contribution in [0.25, 0.3) is 0 Å². The maximum Gasteiger partial charge on any atom is 0.222 e. The number of benzene rings is 1. The van der Waals surface area contributed by atoms with Gasteiger partial charge in [0.2, 0.25) is 5.91 Å². The molecule has 134 valence electrons. The quantitative estimate of drug-likeness (QED) is 0.790. The van der Waals surface area contributed by atoms with Crippen molar-refractivity contribution >= 4 is 17.7 Å². The number of rotatable bonds is 7. The molecule has 6 heteroatoms. The second-order valence-corrected chi connectivity index (χ2v) is 7.45. The fraction of sp³-hybridized carbons (Fsp3) is 0.611. The predicted octanol–water partition coefficient (Wildman–Crippen LogP) is 2.75. The Labute approximate surface area is 148 Å². The van der Waals surface area contributed by atoms with Crippen molar-refractivity contribution in [2.24, 2.45) is 0 Å². The van der Waals surface area contributed by atoms with Crippen molar-refractivity contribution < 1.29 is 14.3 Å². The lowest BCUT2D eigenvalue weighted by Crippen LogP contribution is -2.41. The third-order valence-corrected chi connectivity index (χ3v) is 4.99. The van der Waals surface area contributed by atoms with Crippen LogP contribution in [0.3, 0.4) is 0 Å². The molecule has 1 aromatic carbocycles. The summed E-state index contributed by atoms with van der Waals surface area (Å²) in [6.07, 6.45) is 0.603. The third-order valence-electron chi connectivity index (χ3n) is 3.86. The molecule has 2 atom stereocenters. The number of methoxy groups -OCH3 is 1. The number of carbonyl (C=O) groups is 1. The second-order valence-electron chi connectivity index (χ2n) is 6.30. The number of hydrogen-bond donors (Lipinski definition) is 2. The maximum absolute atomic E-state index is 12.2. The Morgan fingerprint density at radius 3 is 2.79 bits per heavy atom. The van der Waals surface area contributed by atoms with E-state index in [1.165, 1.54) is 0 Å². The molecule has 0 radical (unpaired) electrons. The minimum atomic E-state index is -0.0734. The SMILES string of the molecule is COc1cc(C(C)NC(=O)CC2CSCCN2)ccc1OC(C)C. The molecule has 1 aliphatic heterocycles. The molecule has 2 N–H and O–H groups in total. The van der Waals surface area contributed by atoms with E-state index >= 15 is 0 Å². The monoisotopic (exact) mass is 352 g/mol. The van der Waals surface area contributed by atoms with Crippen molar-refractivity contribution in [1.29, 1.82) is 0 Å². The Kier molecular flexibility index (Phi) is 7.24. The first-order valence-electron chi connectivity index (χ1n) is 8.44. The van der Waals surface area contributed by atoms with E-state index in [1.54, 1.807) is 7.11 Å². The fourth-order valence-electron chi connectivity index (χ4n) is 2.66. The van der Waals surface area contributed by atoms with Crippen LogP contribution < -0.4 is 20.1 Å². The molecular formula is C18H28N2O3S. The highest BCUT2D eigenvalue weighted by atomic mass is 32.2. The molecule has 1 aliphatic rings. The lowest BCUT2D eigenvalue weighted by Gasteiger charge is -2.24. The molecule has 0 spiro atoms. The van der Waals surface area contributed by atoms with Crippen LogP contribution in [0, 0.1) is 0 Å². The van der Waals surface area contributed by atoms with Crippen LogP contribution >= 0.6 is 11.8 Å². The van der Waals surface area contributed by atoms with Crippen molar-refractivity contribution in [3.8, 4) is 11.5 Å². The van der Waals surface area contributed by atoms with Crippen LogP contribution in [0.15, 0.2) is 18.2 Å². The summed E-state index contributed by atoms with van der Waals surface area (Å²) in [5.74, 6) is 3.60. The molecule has 1 heterocycles. The fourth-order valence-corrected chi connectivity index (χ4v) is 3.61. The van der Waals surface area contributed by atoms with Crippen LogP contribution in [0.2, 0.25) is 0 Å². The highest BCUT2D eigenvalue weighted by molar-refractivity contribution is 7.99. The van der Waals surface area contributed by atoms with Crippen LogP contribution in [-0.2, 0) is 4.79 Å². The summed E-state index contributed by atoms with van der Waals surface area (Å²) in [7, 11) is 1.63. The van der Waals surface area contributed by atoms with Crippen molar-refractivity contribution in [3.05, 3.63) is 23.8 Å². The average molecular weight is 353 g/mol. The first kappa shape index (κ1) is 18.9. The van der Waals surface area contributed by atoms with E-state index in [2.05, 4.69) is 10.6 Å². The van der Waals surface area contributed by atoms with E-state index in [9.17, 15) is 4.79 Å². The largest absolute Gasteiger partial charge is 0.493 e. The lowest BCUT2D eigenvalue weighted by molar-refractivity contribution is -0.122. The van der Waals surface area contributed by atoms with Gasteiger partial charge in [0.15, 0.2) is 11.5 Å². The number of amides is 1. The first-order valence-corrected chi connectivity index (χ1v) is 9.60. The van der Waals surface area contributed by atoms with Gasteiger partial charge >= 0.3 is 0 Å². The van der Waals surface area contributed by atoms with Gasteiger partial charge in [-0.1, -0.05) is 6.07 Å². The lowest BCUT2D eigenvalue weighted by atomic mass is 10.1. The van der Waals surface area contributed by atoms with E-state index in [4.69, 9.17) is 9.47 Å². The van der Waals surface area contributed by atoms with Crippen molar-refractivity contribution in [3.63, 3.8) is 0 Å². The molecule has 1 saturated heterocycles. The van der Waals surface area contributed by atoms with Crippen molar-refractivity contribution in [1.82, 2.24) is 10.6 Å². The Balaban J connectivity index is 1.95. The summed E-state index contributed by atoms with van der Waals surface area (Å²) in [5.41, 5.74) is 1.00. The summed E-state index contributed by atoms with van der Waals surface area (Å²) >= 11 is 1.90. The first-order chi connectivity index (χ1) is 11.5. The van der Waals surface area contributed by atoms with Gasteiger partial charge < -0.3 is 20.1 Å². The molecule has 0 bridgehead atoms.